The lowest BCUT2D eigenvalue weighted by Gasteiger charge is -2.09. The summed E-state index contributed by atoms with van der Waals surface area (Å²) in [5.74, 6) is -0.0268. The molecule has 0 radical (unpaired) electrons. The van der Waals surface area contributed by atoms with Gasteiger partial charge in [-0.15, -0.1) is 0 Å². The number of epoxide rings is 1. The molecule has 1 aliphatic heterocycles. The molecule has 5 heteroatoms. The predicted molar refractivity (Wildman–Crippen MR) is 92.7 cm³/mol. The number of ether oxygens (including phenoxy) is 3. The zero-order valence-electron chi connectivity index (χ0n) is 14.1. The van der Waals surface area contributed by atoms with E-state index >= 15 is 0 Å². The van der Waals surface area contributed by atoms with Crippen LogP contribution < -0.4 is 4.74 Å². The first-order valence-corrected chi connectivity index (χ1v) is 7.98. The fourth-order valence-electron chi connectivity index (χ4n) is 2.38. The zero-order valence-corrected chi connectivity index (χ0v) is 14.1. The fourth-order valence-corrected chi connectivity index (χ4v) is 2.38. The SMILES string of the molecule is COC(=O)/C(=C\c1ccc(F)c(C)c1)c1ccc(OCC2CO2)cc1. The number of benzene rings is 2. The Balaban J connectivity index is 1.85. The van der Waals surface area contributed by atoms with E-state index in [-0.39, 0.29) is 11.9 Å². The molecule has 130 valence electrons. The van der Waals surface area contributed by atoms with Gasteiger partial charge in [0.15, 0.2) is 0 Å². The number of aryl methyl sites for hydroxylation is 1. The van der Waals surface area contributed by atoms with Crippen molar-refractivity contribution in [3.05, 3.63) is 65.0 Å². The molecule has 1 fully saturated rings. The number of esters is 1. The van der Waals surface area contributed by atoms with E-state index in [1.165, 1.54) is 13.2 Å². The molecule has 1 aliphatic rings. The summed E-state index contributed by atoms with van der Waals surface area (Å²) in [6.07, 6.45) is 1.87. The standard InChI is InChI=1S/C20H19FO4/c1-13-9-14(3-8-19(13)21)10-18(20(22)23-2)15-4-6-16(7-5-15)24-11-17-12-25-17/h3-10,17H,11-12H2,1-2H3/b18-10-. The molecule has 0 aromatic heterocycles. The van der Waals surface area contributed by atoms with E-state index in [4.69, 9.17) is 14.2 Å². The number of halogens is 1. The van der Waals surface area contributed by atoms with Gasteiger partial charge in [-0.2, -0.15) is 0 Å². The highest BCUT2D eigenvalue weighted by Crippen LogP contribution is 2.24. The van der Waals surface area contributed by atoms with Crippen molar-refractivity contribution >= 4 is 17.6 Å². The third-order valence-electron chi connectivity index (χ3n) is 3.90. The number of methoxy groups -OCH3 is 1. The Bertz CT molecular complexity index is 792. The molecule has 0 N–H and O–H groups in total. The Morgan fingerprint density at radius 2 is 2.00 bits per heavy atom. The van der Waals surface area contributed by atoms with Gasteiger partial charge in [0, 0.05) is 0 Å². The van der Waals surface area contributed by atoms with Crippen LogP contribution in [0.25, 0.3) is 11.6 Å². The lowest BCUT2D eigenvalue weighted by Crippen LogP contribution is -2.05. The molecule has 25 heavy (non-hydrogen) atoms. The van der Waals surface area contributed by atoms with E-state index in [0.717, 1.165) is 12.2 Å². The predicted octanol–water partition coefficient (Wildman–Crippen LogP) is 3.63. The van der Waals surface area contributed by atoms with Gasteiger partial charge in [-0.05, 0) is 54.0 Å². The van der Waals surface area contributed by atoms with E-state index in [9.17, 15) is 9.18 Å². The molecular formula is C20H19FO4. The first-order chi connectivity index (χ1) is 12.1. The molecule has 1 heterocycles. The van der Waals surface area contributed by atoms with E-state index in [0.29, 0.717) is 29.1 Å². The van der Waals surface area contributed by atoms with E-state index in [1.54, 1.807) is 49.4 Å². The second-order valence-corrected chi connectivity index (χ2v) is 5.85. The minimum atomic E-state index is -0.456. The van der Waals surface area contributed by atoms with Crippen molar-refractivity contribution in [3.63, 3.8) is 0 Å². The van der Waals surface area contributed by atoms with Crippen molar-refractivity contribution in [1.29, 1.82) is 0 Å². The number of hydrogen-bond acceptors (Lipinski definition) is 4. The summed E-state index contributed by atoms with van der Waals surface area (Å²) < 4.78 is 29.0. The van der Waals surface area contributed by atoms with Crippen LogP contribution in [-0.2, 0) is 14.3 Å². The number of carbonyl (C=O) groups is 1. The summed E-state index contributed by atoms with van der Waals surface area (Å²) in [6.45, 7) is 2.94. The van der Waals surface area contributed by atoms with Gasteiger partial charge in [-0.25, -0.2) is 9.18 Å². The number of hydrogen-bond donors (Lipinski definition) is 0. The largest absolute Gasteiger partial charge is 0.491 e. The van der Waals surface area contributed by atoms with E-state index in [2.05, 4.69) is 0 Å². The Kier molecular flexibility index (Phi) is 5.14. The molecule has 1 atom stereocenters. The average molecular weight is 342 g/mol. The summed E-state index contributed by atoms with van der Waals surface area (Å²) in [5, 5.41) is 0. The highest BCUT2D eigenvalue weighted by molar-refractivity contribution is 6.21. The van der Waals surface area contributed by atoms with E-state index < -0.39 is 5.97 Å². The highest BCUT2D eigenvalue weighted by atomic mass is 19.1. The van der Waals surface area contributed by atoms with Crippen molar-refractivity contribution in [2.24, 2.45) is 0 Å². The molecule has 2 aromatic carbocycles. The number of rotatable bonds is 6. The van der Waals surface area contributed by atoms with Gasteiger partial charge in [0.05, 0.1) is 19.3 Å². The van der Waals surface area contributed by atoms with E-state index in [1.807, 2.05) is 0 Å². The third kappa shape index (κ3) is 4.45. The molecule has 1 unspecified atom stereocenters. The smallest absolute Gasteiger partial charge is 0.338 e. The molecule has 4 nitrogen and oxygen atoms in total. The van der Waals surface area contributed by atoms with Crippen molar-refractivity contribution in [1.82, 2.24) is 0 Å². The average Bonchev–Trinajstić information content (AvgIpc) is 3.45. The summed E-state index contributed by atoms with van der Waals surface area (Å²) >= 11 is 0. The maximum Gasteiger partial charge on any atom is 0.338 e. The third-order valence-corrected chi connectivity index (χ3v) is 3.90. The van der Waals surface area contributed by atoms with Crippen LogP contribution in [0.3, 0.4) is 0 Å². The summed E-state index contributed by atoms with van der Waals surface area (Å²) in [5.41, 5.74) is 2.34. The topological polar surface area (TPSA) is 48.1 Å². The Morgan fingerprint density at radius 1 is 1.28 bits per heavy atom. The molecule has 2 aromatic rings. The Morgan fingerprint density at radius 3 is 2.60 bits per heavy atom. The lowest BCUT2D eigenvalue weighted by molar-refractivity contribution is -0.133. The minimum Gasteiger partial charge on any atom is -0.491 e. The quantitative estimate of drug-likeness (QED) is 0.348. The van der Waals surface area contributed by atoms with Crippen molar-refractivity contribution in [2.75, 3.05) is 20.3 Å². The van der Waals surface area contributed by atoms with Gasteiger partial charge < -0.3 is 14.2 Å². The number of carbonyl (C=O) groups excluding carboxylic acids is 1. The first-order valence-electron chi connectivity index (χ1n) is 7.98. The first kappa shape index (κ1) is 17.2. The van der Waals surface area contributed by atoms with Crippen LogP contribution in [0.5, 0.6) is 5.75 Å². The molecule has 1 saturated heterocycles. The zero-order chi connectivity index (χ0) is 17.8. The second kappa shape index (κ2) is 7.49. The van der Waals surface area contributed by atoms with Crippen molar-refractivity contribution < 1.29 is 23.4 Å². The molecule has 3 rings (SSSR count). The molecule has 0 bridgehead atoms. The van der Waals surface area contributed by atoms with Crippen LogP contribution >= 0.6 is 0 Å². The summed E-state index contributed by atoms with van der Waals surface area (Å²) in [7, 11) is 1.33. The van der Waals surface area contributed by atoms with Gasteiger partial charge >= 0.3 is 5.97 Å². The fraction of sp³-hybridized carbons (Fsp3) is 0.250. The van der Waals surface area contributed by atoms with Gasteiger partial charge in [0.25, 0.3) is 0 Å². The monoisotopic (exact) mass is 342 g/mol. The maximum absolute atomic E-state index is 13.4. The minimum absolute atomic E-state index is 0.187. The molecular weight excluding hydrogens is 323 g/mol. The van der Waals surface area contributed by atoms with Gasteiger partial charge in [-0.3, -0.25) is 0 Å². The molecule has 0 spiro atoms. The van der Waals surface area contributed by atoms with Crippen LogP contribution in [0.2, 0.25) is 0 Å². The van der Waals surface area contributed by atoms with Crippen LogP contribution in [0, 0.1) is 12.7 Å². The van der Waals surface area contributed by atoms with Crippen molar-refractivity contribution in [2.45, 2.75) is 13.0 Å². The van der Waals surface area contributed by atoms with Crippen molar-refractivity contribution in [3.8, 4) is 5.75 Å². The van der Waals surface area contributed by atoms with Crippen LogP contribution in [0.15, 0.2) is 42.5 Å². The lowest BCUT2D eigenvalue weighted by atomic mass is 10.0. The Hall–Kier alpha value is -2.66. The summed E-state index contributed by atoms with van der Waals surface area (Å²) in [4.78, 5) is 12.2. The van der Waals surface area contributed by atoms with Crippen LogP contribution in [-0.4, -0.2) is 32.4 Å². The summed E-state index contributed by atoms with van der Waals surface area (Å²) in [6, 6.07) is 11.9. The molecule has 0 amide bonds. The van der Waals surface area contributed by atoms with Gasteiger partial charge in [0.2, 0.25) is 0 Å². The van der Waals surface area contributed by atoms with Crippen LogP contribution in [0.4, 0.5) is 4.39 Å². The second-order valence-electron chi connectivity index (χ2n) is 5.85. The Labute approximate surface area is 145 Å². The van der Waals surface area contributed by atoms with Gasteiger partial charge in [0.1, 0.15) is 24.3 Å². The van der Waals surface area contributed by atoms with Gasteiger partial charge in [-0.1, -0.05) is 18.2 Å². The molecule has 0 saturated carbocycles. The normalized spacial score (nSPS) is 16.4. The maximum atomic E-state index is 13.4. The highest BCUT2D eigenvalue weighted by Gasteiger charge is 2.23. The van der Waals surface area contributed by atoms with Crippen LogP contribution in [0.1, 0.15) is 16.7 Å². The molecule has 0 aliphatic carbocycles.